The molecule has 1 heteroatoms. The van der Waals surface area contributed by atoms with Crippen LogP contribution in [0.1, 0.15) is 38.2 Å². The second-order valence-electron chi connectivity index (χ2n) is 4.94. The number of benzene rings is 1. The Morgan fingerprint density at radius 2 is 2.00 bits per heavy atom. The molecule has 0 radical (unpaired) electrons. The Bertz CT molecular complexity index is 290. The molecule has 1 saturated carbocycles. The van der Waals surface area contributed by atoms with Crippen molar-refractivity contribution >= 4 is 0 Å². The predicted molar refractivity (Wildman–Crippen MR) is 69.6 cm³/mol. The molecular weight excluding hydrogens is 194 g/mol. The molecule has 1 aliphatic rings. The molecule has 0 saturated heterocycles. The molecule has 1 fully saturated rings. The zero-order valence-corrected chi connectivity index (χ0v) is 10.3. The van der Waals surface area contributed by atoms with Crippen molar-refractivity contribution in [3.05, 3.63) is 35.9 Å². The normalized spacial score (nSPS) is 18.1. The van der Waals surface area contributed by atoms with Gasteiger partial charge < -0.3 is 5.32 Å². The van der Waals surface area contributed by atoms with Gasteiger partial charge in [-0.3, -0.25) is 0 Å². The Kier molecular flexibility index (Phi) is 4.41. The third-order valence-electron chi connectivity index (χ3n) is 3.67. The van der Waals surface area contributed by atoms with Gasteiger partial charge in [0.25, 0.3) is 0 Å². The molecule has 1 atom stereocenters. The van der Waals surface area contributed by atoms with E-state index in [1.165, 1.54) is 37.7 Å². The molecule has 0 spiro atoms. The molecule has 1 N–H and O–H groups in total. The third kappa shape index (κ3) is 3.08. The fourth-order valence-corrected chi connectivity index (χ4v) is 2.45. The van der Waals surface area contributed by atoms with Crippen molar-refractivity contribution in [3.63, 3.8) is 0 Å². The maximum absolute atomic E-state index is 3.72. The van der Waals surface area contributed by atoms with Crippen LogP contribution in [0.4, 0.5) is 0 Å². The van der Waals surface area contributed by atoms with Crippen molar-refractivity contribution in [1.82, 2.24) is 5.32 Å². The van der Waals surface area contributed by atoms with Crippen LogP contribution in [0.5, 0.6) is 0 Å². The van der Waals surface area contributed by atoms with Gasteiger partial charge in [-0.1, -0.05) is 43.7 Å². The molecule has 2 rings (SSSR count). The van der Waals surface area contributed by atoms with Crippen molar-refractivity contribution in [2.24, 2.45) is 5.92 Å². The number of hydrogen-bond donors (Lipinski definition) is 1. The molecule has 1 aliphatic carbocycles. The van der Waals surface area contributed by atoms with Crippen LogP contribution >= 0.6 is 0 Å². The van der Waals surface area contributed by atoms with E-state index in [0.717, 1.165) is 12.5 Å². The lowest BCUT2D eigenvalue weighted by Gasteiger charge is -2.34. The van der Waals surface area contributed by atoms with Crippen LogP contribution in [0.3, 0.4) is 0 Å². The van der Waals surface area contributed by atoms with Crippen LogP contribution < -0.4 is 5.32 Å². The van der Waals surface area contributed by atoms with Crippen molar-refractivity contribution in [1.29, 1.82) is 0 Å². The van der Waals surface area contributed by atoms with Crippen LogP contribution in [0, 0.1) is 5.92 Å². The Morgan fingerprint density at radius 3 is 2.56 bits per heavy atom. The summed E-state index contributed by atoms with van der Waals surface area (Å²) < 4.78 is 0. The summed E-state index contributed by atoms with van der Waals surface area (Å²) in [5.74, 6) is 0.923. The molecule has 16 heavy (non-hydrogen) atoms. The first-order valence-corrected chi connectivity index (χ1v) is 6.67. The van der Waals surface area contributed by atoms with Gasteiger partial charge in [0.15, 0.2) is 0 Å². The quantitative estimate of drug-likeness (QED) is 0.770. The Hall–Kier alpha value is -0.820. The minimum absolute atomic E-state index is 0.705. The number of rotatable bonds is 6. The van der Waals surface area contributed by atoms with E-state index in [0.29, 0.717) is 6.04 Å². The Labute approximate surface area is 99.3 Å². The van der Waals surface area contributed by atoms with Gasteiger partial charge in [0.2, 0.25) is 0 Å². The standard InChI is InChI=1S/C15H23N/c1-2-11-16-15(14-9-6-10-14)12-13-7-4-3-5-8-13/h3-5,7-8,14-16H,2,6,9-12H2,1H3. The summed E-state index contributed by atoms with van der Waals surface area (Å²) in [4.78, 5) is 0. The topological polar surface area (TPSA) is 12.0 Å². The molecular formula is C15H23N. The molecule has 1 aromatic carbocycles. The first-order valence-electron chi connectivity index (χ1n) is 6.67. The highest BCUT2D eigenvalue weighted by atomic mass is 14.9. The van der Waals surface area contributed by atoms with Gasteiger partial charge in [0.1, 0.15) is 0 Å². The second kappa shape index (κ2) is 6.05. The summed E-state index contributed by atoms with van der Waals surface area (Å²) in [6.45, 7) is 3.40. The van der Waals surface area contributed by atoms with E-state index in [-0.39, 0.29) is 0 Å². The summed E-state index contributed by atoms with van der Waals surface area (Å²) in [5, 5.41) is 3.72. The van der Waals surface area contributed by atoms with Crippen LogP contribution in [0.25, 0.3) is 0 Å². The van der Waals surface area contributed by atoms with E-state index in [9.17, 15) is 0 Å². The van der Waals surface area contributed by atoms with Crippen molar-refractivity contribution in [2.75, 3.05) is 6.54 Å². The summed E-state index contributed by atoms with van der Waals surface area (Å²) >= 11 is 0. The highest BCUT2D eigenvalue weighted by molar-refractivity contribution is 5.16. The average molecular weight is 217 g/mol. The molecule has 1 aromatic rings. The molecule has 0 aliphatic heterocycles. The number of hydrogen-bond acceptors (Lipinski definition) is 1. The van der Waals surface area contributed by atoms with Crippen LogP contribution in [-0.2, 0) is 6.42 Å². The summed E-state index contributed by atoms with van der Waals surface area (Å²) in [5.41, 5.74) is 1.48. The van der Waals surface area contributed by atoms with Gasteiger partial charge in [-0.25, -0.2) is 0 Å². The highest BCUT2D eigenvalue weighted by Crippen LogP contribution is 2.31. The van der Waals surface area contributed by atoms with Crippen LogP contribution in [0.2, 0.25) is 0 Å². The summed E-state index contributed by atoms with van der Waals surface area (Å²) in [6.07, 6.45) is 6.72. The minimum Gasteiger partial charge on any atom is -0.313 e. The summed E-state index contributed by atoms with van der Waals surface area (Å²) in [7, 11) is 0. The lowest BCUT2D eigenvalue weighted by atomic mass is 9.77. The number of nitrogens with one attached hydrogen (secondary N) is 1. The van der Waals surface area contributed by atoms with E-state index in [2.05, 4.69) is 42.6 Å². The largest absolute Gasteiger partial charge is 0.313 e. The molecule has 1 unspecified atom stereocenters. The molecule has 0 amide bonds. The molecule has 88 valence electrons. The Balaban J connectivity index is 1.90. The van der Waals surface area contributed by atoms with E-state index in [4.69, 9.17) is 0 Å². The highest BCUT2D eigenvalue weighted by Gasteiger charge is 2.26. The minimum atomic E-state index is 0.705. The van der Waals surface area contributed by atoms with Crippen LogP contribution in [0.15, 0.2) is 30.3 Å². The van der Waals surface area contributed by atoms with Crippen LogP contribution in [-0.4, -0.2) is 12.6 Å². The predicted octanol–water partition coefficient (Wildman–Crippen LogP) is 3.40. The third-order valence-corrected chi connectivity index (χ3v) is 3.67. The first-order chi connectivity index (χ1) is 7.90. The van der Waals surface area contributed by atoms with Crippen molar-refractivity contribution in [2.45, 2.75) is 45.1 Å². The van der Waals surface area contributed by atoms with Crippen molar-refractivity contribution in [3.8, 4) is 0 Å². The first kappa shape index (κ1) is 11.7. The second-order valence-corrected chi connectivity index (χ2v) is 4.94. The monoisotopic (exact) mass is 217 g/mol. The zero-order valence-electron chi connectivity index (χ0n) is 10.3. The maximum Gasteiger partial charge on any atom is 0.0136 e. The van der Waals surface area contributed by atoms with E-state index < -0.39 is 0 Å². The molecule has 0 heterocycles. The molecule has 0 aromatic heterocycles. The molecule has 1 nitrogen and oxygen atoms in total. The average Bonchev–Trinajstić information content (AvgIpc) is 2.25. The van der Waals surface area contributed by atoms with E-state index in [1.54, 1.807) is 0 Å². The SMILES string of the molecule is CCCNC(Cc1ccccc1)C1CCC1. The smallest absolute Gasteiger partial charge is 0.0136 e. The zero-order chi connectivity index (χ0) is 11.2. The van der Waals surface area contributed by atoms with E-state index >= 15 is 0 Å². The van der Waals surface area contributed by atoms with Gasteiger partial charge in [-0.15, -0.1) is 0 Å². The fourth-order valence-electron chi connectivity index (χ4n) is 2.45. The molecule has 0 bridgehead atoms. The fraction of sp³-hybridized carbons (Fsp3) is 0.600. The maximum atomic E-state index is 3.72. The Morgan fingerprint density at radius 1 is 1.25 bits per heavy atom. The summed E-state index contributed by atoms with van der Waals surface area (Å²) in [6, 6.07) is 11.6. The van der Waals surface area contributed by atoms with Gasteiger partial charge in [-0.2, -0.15) is 0 Å². The van der Waals surface area contributed by atoms with Gasteiger partial charge >= 0.3 is 0 Å². The lowest BCUT2D eigenvalue weighted by molar-refractivity contribution is 0.227. The van der Waals surface area contributed by atoms with Gasteiger partial charge in [0, 0.05) is 6.04 Å². The van der Waals surface area contributed by atoms with E-state index in [1.807, 2.05) is 0 Å². The van der Waals surface area contributed by atoms with Gasteiger partial charge in [0.05, 0.1) is 0 Å². The van der Waals surface area contributed by atoms with Gasteiger partial charge in [-0.05, 0) is 43.7 Å². The lowest BCUT2D eigenvalue weighted by Crippen LogP contribution is -2.41. The van der Waals surface area contributed by atoms with Crippen molar-refractivity contribution < 1.29 is 0 Å².